The molecule has 47 heavy (non-hydrogen) atoms. The van der Waals surface area contributed by atoms with Crippen molar-refractivity contribution in [3.8, 4) is 5.75 Å². The Morgan fingerprint density at radius 3 is 2.47 bits per heavy atom. The van der Waals surface area contributed by atoms with Gasteiger partial charge in [0.2, 0.25) is 14.3 Å². The topological polar surface area (TPSA) is 120 Å². The number of hydrogen-bond donors (Lipinski definition) is 4. The summed E-state index contributed by atoms with van der Waals surface area (Å²) in [5.41, 5.74) is 2.87. The maximum absolute atomic E-state index is 10.3. The van der Waals surface area contributed by atoms with Gasteiger partial charge in [-0.25, -0.2) is 0 Å². The Balaban J connectivity index is 1.24. The Hall–Kier alpha value is -3.47. The van der Waals surface area contributed by atoms with E-state index in [4.69, 9.17) is 23.8 Å². The number of hydrogen-bond acceptors (Lipinski definition) is 10. The maximum Gasteiger partial charge on any atom is 0.231 e. The summed E-state index contributed by atoms with van der Waals surface area (Å²) in [5.74, 6) is 2.03. The Labute approximate surface area is 278 Å². The molecule has 1 aliphatic heterocycles. The summed E-state index contributed by atoms with van der Waals surface area (Å²) in [6, 6.07) is 16.7. The summed E-state index contributed by atoms with van der Waals surface area (Å²) in [7, 11) is 4.19. The Bertz CT molecular complexity index is 1630. The molecule has 252 valence electrons. The predicted octanol–water partition coefficient (Wildman–Crippen LogP) is 6.67. The molecular formula is C35H48N7O4P. The van der Waals surface area contributed by atoms with Crippen LogP contribution in [0.15, 0.2) is 54.7 Å². The number of aromatic amines is 1. The number of likely N-dealkylation sites (N-methyl/N-ethyl adjacent to an activating group) is 1. The summed E-state index contributed by atoms with van der Waals surface area (Å²) in [6.45, 7) is 6.28. The number of piperidine rings is 1. The van der Waals surface area contributed by atoms with Crippen molar-refractivity contribution in [1.29, 1.82) is 0 Å². The highest BCUT2D eigenvalue weighted by molar-refractivity contribution is 7.56. The molecule has 6 rings (SSSR count). The third kappa shape index (κ3) is 8.16. The van der Waals surface area contributed by atoms with Crippen LogP contribution in [0.5, 0.6) is 5.75 Å². The van der Waals surface area contributed by atoms with Crippen molar-refractivity contribution in [2.24, 2.45) is 0 Å². The summed E-state index contributed by atoms with van der Waals surface area (Å²) in [4.78, 5) is 17.7. The maximum atomic E-state index is 10.3. The van der Waals surface area contributed by atoms with E-state index in [0.29, 0.717) is 24.4 Å². The molecule has 1 saturated heterocycles. The molecule has 4 N–H and O–H groups in total. The summed E-state index contributed by atoms with van der Waals surface area (Å²) in [5, 5.41) is 19.1. The number of ether oxygens (including phenoxy) is 1. The second-order valence-electron chi connectivity index (χ2n) is 13.2. The molecule has 2 aromatic heterocycles. The van der Waals surface area contributed by atoms with Gasteiger partial charge in [0.1, 0.15) is 17.2 Å². The SMILES string of the molecule is COP(OC)c1ccccc1Nc1nc(Nc2ccc(N3CCC(N(C)CC(C)(C)O)CC3)c(OC3CCCC3)c2)nc2[nH]ccc12. The molecule has 1 aliphatic carbocycles. The average Bonchev–Trinajstić information content (AvgIpc) is 3.75. The quantitative estimate of drug-likeness (QED) is 0.116. The number of benzene rings is 2. The summed E-state index contributed by atoms with van der Waals surface area (Å²) >= 11 is 0. The third-order valence-corrected chi connectivity index (χ3v) is 10.4. The highest BCUT2D eigenvalue weighted by atomic mass is 31.2. The molecule has 3 heterocycles. The largest absolute Gasteiger partial charge is 0.488 e. The fourth-order valence-electron chi connectivity index (χ4n) is 6.78. The van der Waals surface area contributed by atoms with Crippen molar-refractivity contribution in [1.82, 2.24) is 19.9 Å². The molecule has 2 fully saturated rings. The van der Waals surface area contributed by atoms with E-state index >= 15 is 0 Å². The van der Waals surface area contributed by atoms with Crippen molar-refractivity contribution >= 4 is 53.5 Å². The van der Waals surface area contributed by atoms with Gasteiger partial charge in [-0.3, -0.25) is 0 Å². The van der Waals surface area contributed by atoms with Crippen LogP contribution in [0.1, 0.15) is 52.4 Å². The van der Waals surface area contributed by atoms with Crippen molar-refractivity contribution in [2.45, 2.75) is 70.1 Å². The van der Waals surface area contributed by atoms with E-state index in [0.717, 1.165) is 77.9 Å². The van der Waals surface area contributed by atoms with Gasteiger partial charge in [-0.15, -0.1) is 0 Å². The molecule has 0 amide bonds. The van der Waals surface area contributed by atoms with Crippen molar-refractivity contribution < 1.29 is 18.9 Å². The third-order valence-electron chi connectivity index (χ3n) is 8.98. The van der Waals surface area contributed by atoms with E-state index in [2.05, 4.69) is 50.7 Å². The minimum atomic E-state index is -1.24. The fourth-order valence-corrected chi connectivity index (χ4v) is 7.86. The second-order valence-corrected chi connectivity index (χ2v) is 14.9. The minimum Gasteiger partial charge on any atom is -0.488 e. The van der Waals surface area contributed by atoms with E-state index < -0.39 is 14.0 Å². The minimum absolute atomic E-state index is 0.228. The van der Waals surface area contributed by atoms with Crippen LogP contribution in [0, 0.1) is 0 Å². The number of aromatic nitrogens is 3. The zero-order valence-corrected chi connectivity index (χ0v) is 29.0. The normalized spacial score (nSPS) is 16.5. The first-order valence-corrected chi connectivity index (χ1v) is 17.7. The number of H-pyrrole nitrogens is 1. The van der Waals surface area contributed by atoms with Gasteiger partial charge in [0.15, 0.2) is 0 Å². The number of nitrogens with one attached hydrogen (secondary N) is 3. The van der Waals surface area contributed by atoms with Crippen LogP contribution in [0.4, 0.5) is 28.8 Å². The second kappa shape index (κ2) is 14.7. The lowest BCUT2D eigenvalue weighted by Crippen LogP contribution is -2.47. The molecule has 1 saturated carbocycles. The first-order valence-electron chi connectivity index (χ1n) is 16.6. The van der Waals surface area contributed by atoms with Gasteiger partial charge in [-0.05, 0) is 89.8 Å². The molecule has 2 aromatic carbocycles. The molecule has 0 spiro atoms. The van der Waals surface area contributed by atoms with Gasteiger partial charge in [0, 0.05) is 57.8 Å². The smallest absolute Gasteiger partial charge is 0.231 e. The van der Waals surface area contributed by atoms with Crippen LogP contribution in [-0.4, -0.2) is 83.6 Å². The van der Waals surface area contributed by atoms with Gasteiger partial charge < -0.3 is 44.3 Å². The van der Waals surface area contributed by atoms with Crippen LogP contribution in [0.3, 0.4) is 0 Å². The molecule has 4 aromatic rings. The van der Waals surface area contributed by atoms with Crippen LogP contribution < -0.4 is 25.6 Å². The number of aliphatic hydroxyl groups is 1. The molecule has 2 aliphatic rings. The van der Waals surface area contributed by atoms with Crippen LogP contribution in [0.25, 0.3) is 11.0 Å². The van der Waals surface area contributed by atoms with E-state index in [-0.39, 0.29) is 6.10 Å². The van der Waals surface area contributed by atoms with Crippen LogP contribution >= 0.6 is 8.38 Å². The fraction of sp³-hybridized carbons (Fsp3) is 0.486. The van der Waals surface area contributed by atoms with Crippen LogP contribution in [-0.2, 0) is 9.05 Å². The number of fused-ring (bicyclic) bond motifs is 1. The first-order chi connectivity index (χ1) is 22.7. The van der Waals surface area contributed by atoms with Crippen molar-refractivity contribution in [2.75, 3.05) is 56.4 Å². The number of nitrogens with zero attached hydrogens (tertiary/aromatic N) is 4. The van der Waals surface area contributed by atoms with Gasteiger partial charge in [0.05, 0.1) is 33.8 Å². The number of para-hydroxylation sites is 1. The highest BCUT2D eigenvalue weighted by Gasteiger charge is 2.28. The molecule has 0 radical (unpaired) electrons. The predicted molar refractivity (Wildman–Crippen MR) is 191 cm³/mol. The van der Waals surface area contributed by atoms with E-state index in [1.54, 1.807) is 14.2 Å². The highest BCUT2D eigenvalue weighted by Crippen LogP contribution is 2.40. The lowest BCUT2D eigenvalue weighted by molar-refractivity contribution is 0.0274. The molecule has 12 heteroatoms. The van der Waals surface area contributed by atoms with Crippen molar-refractivity contribution in [3.63, 3.8) is 0 Å². The van der Waals surface area contributed by atoms with Crippen molar-refractivity contribution in [3.05, 3.63) is 54.7 Å². The molecule has 0 bridgehead atoms. The van der Waals surface area contributed by atoms with Gasteiger partial charge >= 0.3 is 0 Å². The summed E-state index contributed by atoms with van der Waals surface area (Å²) in [6.07, 6.45) is 8.74. The Kier molecular flexibility index (Phi) is 10.5. The van der Waals surface area contributed by atoms with Gasteiger partial charge in [-0.1, -0.05) is 12.1 Å². The lowest BCUT2D eigenvalue weighted by atomic mass is 10.0. The average molecular weight is 662 g/mol. The zero-order chi connectivity index (χ0) is 33.0. The Morgan fingerprint density at radius 2 is 1.74 bits per heavy atom. The first kappa shape index (κ1) is 33.4. The van der Waals surface area contributed by atoms with Gasteiger partial charge in [0.25, 0.3) is 0 Å². The molecular weight excluding hydrogens is 613 g/mol. The molecule has 0 unspecified atom stereocenters. The van der Waals surface area contributed by atoms with E-state index in [9.17, 15) is 5.11 Å². The molecule has 0 atom stereocenters. The standard InChI is InChI=1S/C35H48N7O4P/c1-35(2,43)23-41(3)25-17-20-42(21-18-25)29-15-14-24(22-30(29)46-26-10-6-7-11-26)37-34-39-32-27(16-19-36-32)33(40-34)38-28-12-8-9-13-31(28)47(44-4)45-5/h8-9,12-16,19,22,25-26,43H,6-7,10-11,17-18,20-21,23H2,1-5H3,(H3,36,37,38,39,40). The monoisotopic (exact) mass is 661 g/mol. The summed E-state index contributed by atoms with van der Waals surface area (Å²) < 4.78 is 17.9. The van der Waals surface area contributed by atoms with E-state index in [1.807, 2.05) is 50.4 Å². The van der Waals surface area contributed by atoms with E-state index in [1.165, 1.54) is 12.8 Å². The number of rotatable bonds is 13. The Morgan fingerprint density at radius 1 is 1.00 bits per heavy atom. The zero-order valence-electron chi connectivity index (χ0n) is 28.1. The molecule has 11 nitrogen and oxygen atoms in total. The number of anilines is 5. The lowest BCUT2D eigenvalue weighted by Gasteiger charge is -2.40. The van der Waals surface area contributed by atoms with Crippen LogP contribution in [0.2, 0.25) is 0 Å². The van der Waals surface area contributed by atoms with Gasteiger partial charge in [-0.2, -0.15) is 9.97 Å².